The summed E-state index contributed by atoms with van der Waals surface area (Å²) in [5, 5.41) is 0. The van der Waals surface area contributed by atoms with Crippen LogP contribution in [0.3, 0.4) is 0 Å². The number of carbonyl (C=O) groups excluding carboxylic acids is 2. The second-order valence-corrected chi connectivity index (χ2v) is 10.7. The highest BCUT2D eigenvalue weighted by molar-refractivity contribution is 6.62. The lowest BCUT2D eigenvalue weighted by atomic mass is 9.79. The zero-order valence-corrected chi connectivity index (χ0v) is 22.5. The minimum absolute atomic E-state index is 0.0594. The Hall–Kier alpha value is -3.39. The van der Waals surface area contributed by atoms with Gasteiger partial charge < -0.3 is 29.4 Å². The van der Waals surface area contributed by atoms with Crippen LogP contribution in [-0.2, 0) is 20.5 Å². The fraction of sp³-hybridized carbons (Fsp3) is 0.500. The van der Waals surface area contributed by atoms with Crippen molar-refractivity contribution in [1.29, 1.82) is 0 Å². The number of ether oxygens (including phenoxy) is 2. The zero-order valence-electron chi connectivity index (χ0n) is 22.5. The number of carbonyl (C=O) groups is 2. The molecule has 1 aromatic heterocycles. The molecule has 2 atom stereocenters. The first-order valence-electron chi connectivity index (χ1n) is 12.6. The second-order valence-electron chi connectivity index (χ2n) is 10.7. The van der Waals surface area contributed by atoms with Gasteiger partial charge in [0, 0.05) is 24.6 Å². The van der Waals surface area contributed by atoms with Gasteiger partial charge in [-0.3, -0.25) is 9.59 Å². The van der Waals surface area contributed by atoms with E-state index in [-0.39, 0.29) is 37.4 Å². The fourth-order valence-electron chi connectivity index (χ4n) is 4.33. The van der Waals surface area contributed by atoms with Crippen LogP contribution in [0.5, 0.6) is 11.6 Å². The number of primary amides is 1. The highest BCUT2D eigenvalue weighted by atomic mass is 19.4. The number of halogens is 4. The molecule has 2 amide bonds. The average Bonchev–Trinajstić information content (AvgIpc) is 3.07. The third kappa shape index (κ3) is 6.66. The monoisotopic (exact) mass is 567 g/mol. The lowest BCUT2D eigenvalue weighted by molar-refractivity contribution is -0.274. The van der Waals surface area contributed by atoms with Gasteiger partial charge >= 0.3 is 13.5 Å². The molecule has 2 aromatic rings. The number of piperidine rings is 1. The van der Waals surface area contributed by atoms with Crippen molar-refractivity contribution in [3.8, 4) is 11.6 Å². The van der Waals surface area contributed by atoms with Gasteiger partial charge in [-0.2, -0.15) is 0 Å². The molecule has 14 heteroatoms. The van der Waals surface area contributed by atoms with Gasteiger partial charge in [-0.15, -0.1) is 13.2 Å². The summed E-state index contributed by atoms with van der Waals surface area (Å²) in [6.07, 6.45) is -5.99. The van der Waals surface area contributed by atoms with E-state index >= 15 is 4.39 Å². The van der Waals surface area contributed by atoms with Crippen LogP contribution in [-0.4, -0.2) is 71.7 Å². The summed E-state index contributed by atoms with van der Waals surface area (Å²) >= 11 is 0. The summed E-state index contributed by atoms with van der Waals surface area (Å²) in [6, 6.07) is 6.34. The lowest BCUT2D eigenvalue weighted by Crippen LogP contribution is -2.49. The van der Waals surface area contributed by atoms with E-state index < -0.39 is 54.5 Å². The standard InChI is InChI=1S/C26H30BF4N3O6/c1-24(2)25(3,4)40-27(39-24)16-12-18(22(32)36)23(33-13-16)37-20-9-10-34(14-19(20)28)21(35)11-15-5-7-17(8-6-15)38-26(29,30)31/h5-8,12-13,19-20H,9-11,14H2,1-4H3,(H2,32,36)/t19?,20-/m0/s1. The molecule has 2 aliphatic heterocycles. The van der Waals surface area contributed by atoms with Crippen LogP contribution in [0.2, 0.25) is 0 Å². The minimum atomic E-state index is -4.82. The third-order valence-electron chi connectivity index (χ3n) is 7.27. The van der Waals surface area contributed by atoms with Gasteiger partial charge in [0.1, 0.15) is 17.4 Å². The summed E-state index contributed by atoms with van der Waals surface area (Å²) in [4.78, 5) is 30.4. The molecule has 0 spiro atoms. The Labute approximate surface area is 229 Å². The van der Waals surface area contributed by atoms with E-state index in [0.29, 0.717) is 11.0 Å². The third-order valence-corrected chi connectivity index (χ3v) is 7.27. The van der Waals surface area contributed by atoms with Crippen LogP contribution in [0.4, 0.5) is 17.6 Å². The van der Waals surface area contributed by atoms with Crippen molar-refractivity contribution in [1.82, 2.24) is 9.88 Å². The first-order chi connectivity index (χ1) is 18.5. The van der Waals surface area contributed by atoms with Crippen molar-refractivity contribution in [2.45, 2.75) is 70.4 Å². The van der Waals surface area contributed by atoms with Gasteiger partial charge in [0.2, 0.25) is 11.8 Å². The highest BCUT2D eigenvalue weighted by Crippen LogP contribution is 2.36. The smallest absolute Gasteiger partial charge is 0.471 e. The van der Waals surface area contributed by atoms with Gasteiger partial charge in [0.05, 0.1) is 24.2 Å². The van der Waals surface area contributed by atoms with Gasteiger partial charge in [0.15, 0.2) is 6.17 Å². The number of pyridine rings is 1. The van der Waals surface area contributed by atoms with Crippen LogP contribution < -0.4 is 20.7 Å². The molecule has 1 unspecified atom stereocenters. The number of aromatic nitrogens is 1. The molecule has 2 aliphatic rings. The van der Waals surface area contributed by atoms with Gasteiger partial charge in [-0.25, -0.2) is 9.37 Å². The molecule has 40 heavy (non-hydrogen) atoms. The van der Waals surface area contributed by atoms with Crippen LogP contribution in [0.1, 0.15) is 50.0 Å². The Morgan fingerprint density at radius 1 is 1.15 bits per heavy atom. The number of alkyl halides is 4. The highest BCUT2D eigenvalue weighted by Gasteiger charge is 2.52. The molecule has 1 aromatic carbocycles. The van der Waals surface area contributed by atoms with E-state index in [0.717, 1.165) is 12.1 Å². The summed E-state index contributed by atoms with van der Waals surface area (Å²) in [5.74, 6) is -1.76. The number of benzene rings is 1. The van der Waals surface area contributed by atoms with Gasteiger partial charge in [0.25, 0.3) is 5.91 Å². The predicted molar refractivity (Wildman–Crippen MR) is 136 cm³/mol. The molecular formula is C26H30BF4N3O6. The van der Waals surface area contributed by atoms with Crippen LogP contribution >= 0.6 is 0 Å². The molecule has 216 valence electrons. The molecule has 2 N–H and O–H groups in total. The topological polar surface area (TPSA) is 113 Å². The number of amides is 2. The fourth-order valence-corrected chi connectivity index (χ4v) is 4.33. The first-order valence-corrected chi connectivity index (χ1v) is 12.6. The molecular weight excluding hydrogens is 537 g/mol. The van der Waals surface area contributed by atoms with Crippen molar-refractivity contribution in [3.05, 3.63) is 47.7 Å². The summed E-state index contributed by atoms with van der Waals surface area (Å²) in [6.45, 7) is 7.43. The van der Waals surface area contributed by atoms with Crippen molar-refractivity contribution in [2.24, 2.45) is 5.73 Å². The largest absolute Gasteiger partial charge is 0.573 e. The molecule has 4 rings (SSSR count). The Morgan fingerprint density at radius 3 is 2.33 bits per heavy atom. The van der Waals surface area contributed by atoms with E-state index in [4.69, 9.17) is 19.8 Å². The maximum atomic E-state index is 15.1. The van der Waals surface area contributed by atoms with Crippen molar-refractivity contribution >= 4 is 24.4 Å². The minimum Gasteiger partial charge on any atom is -0.471 e. The average molecular weight is 567 g/mol. The van der Waals surface area contributed by atoms with Crippen molar-refractivity contribution < 1.29 is 45.9 Å². The predicted octanol–water partition coefficient (Wildman–Crippen LogP) is 2.94. The van der Waals surface area contributed by atoms with Gasteiger partial charge in [-0.05, 0) is 51.5 Å². The number of nitrogens with two attached hydrogens (primary N) is 1. The van der Waals surface area contributed by atoms with Crippen LogP contribution in [0.25, 0.3) is 0 Å². The van der Waals surface area contributed by atoms with E-state index in [1.54, 1.807) is 0 Å². The number of likely N-dealkylation sites (tertiary alicyclic amines) is 1. The lowest BCUT2D eigenvalue weighted by Gasteiger charge is -2.34. The van der Waals surface area contributed by atoms with E-state index in [1.807, 2.05) is 27.7 Å². The van der Waals surface area contributed by atoms with E-state index in [2.05, 4.69) is 9.72 Å². The van der Waals surface area contributed by atoms with Crippen LogP contribution in [0, 0.1) is 0 Å². The molecule has 9 nitrogen and oxygen atoms in total. The molecule has 0 aliphatic carbocycles. The number of hydrogen-bond acceptors (Lipinski definition) is 7. The van der Waals surface area contributed by atoms with Crippen molar-refractivity contribution in [2.75, 3.05) is 13.1 Å². The van der Waals surface area contributed by atoms with Crippen LogP contribution in [0.15, 0.2) is 36.5 Å². The summed E-state index contributed by atoms with van der Waals surface area (Å²) in [7, 11) is -0.791. The maximum absolute atomic E-state index is 15.1. The Bertz CT molecular complexity index is 1240. The normalized spacial score (nSPS) is 22.2. The molecule has 0 bridgehead atoms. The molecule has 2 saturated heterocycles. The molecule has 3 heterocycles. The number of hydrogen-bond donors (Lipinski definition) is 1. The summed E-state index contributed by atoms with van der Waals surface area (Å²) in [5.41, 5.74) is 5.17. The quantitative estimate of drug-likeness (QED) is 0.405. The van der Waals surface area contributed by atoms with E-state index in [1.165, 1.54) is 29.3 Å². The molecule has 0 saturated carbocycles. The SMILES string of the molecule is CC1(C)OB(c2cnc(O[C@H]3CCN(C(=O)Cc4ccc(OC(F)(F)F)cc4)CC3F)c(C(N)=O)c2)OC1(C)C. The number of rotatable bonds is 7. The number of nitrogens with zero attached hydrogens (tertiary/aromatic N) is 2. The Kier molecular flexibility index (Phi) is 8.05. The Morgan fingerprint density at radius 2 is 1.77 bits per heavy atom. The summed E-state index contributed by atoms with van der Waals surface area (Å²) < 4.78 is 73.6. The molecule has 2 fully saturated rings. The first kappa shape index (κ1) is 29.6. The second kappa shape index (κ2) is 10.9. The maximum Gasteiger partial charge on any atom is 0.573 e. The van der Waals surface area contributed by atoms with Gasteiger partial charge in [-0.1, -0.05) is 12.1 Å². The van der Waals surface area contributed by atoms with Crippen molar-refractivity contribution in [3.63, 3.8) is 0 Å². The Balaban J connectivity index is 1.37. The zero-order chi connectivity index (χ0) is 29.5. The van der Waals surface area contributed by atoms with E-state index in [9.17, 15) is 22.8 Å². The molecule has 0 radical (unpaired) electrons.